The molecular formula is C17H18Cl2FN2O+. The average Bonchev–Trinajstić information content (AvgIpc) is 2.46. The summed E-state index contributed by atoms with van der Waals surface area (Å²) in [6.07, 6.45) is 0. The van der Waals surface area contributed by atoms with E-state index in [0.717, 1.165) is 10.5 Å². The lowest BCUT2D eigenvalue weighted by Gasteiger charge is -2.15. The van der Waals surface area contributed by atoms with E-state index in [4.69, 9.17) is 23.2 Å². The van der Waals surface area contributed by atoms with E-state index < -0.39 is 0 Å². The van der Waals surface area contributed by atoms with Crippen molar-refractivity contribution < 1.29 is 14.1 Å². The van der Waals surface area contributed by atoms with Crippen LogP contribution in [0.2, 0.25) is 10.0 Å². The van der Waals surface area contributed by atoms with Gasteiger partial charge in [0.1, 0.15) is 12.4 Å². The third-order valence-electron chi connectivity index (χ3n) is 3.40. The number of hydrogen-bond donors (Lipinski definition) is 2. The second kappa shape index (κ2) is 7.77. The van der Waals surface area contributed by atoms with Gasteiger partial charge in [-0.05, 0) is 36.8 Å². The van der Waals surface area contributed by atoms with Gasteiger partial charge >= 0.3 is 0 Å². The first kappa shape index (κ1) is 17.7. The summed E-state index contributed by atoms with van der Waals surface area (Å²) in [5.74, 6) is -0.556. The predicted molar refractivity (Wildman–Crippen MR) is 91.7 cm³/mol. The number of anilines is 1. The summed E-state index contributed by atoms with van der Waals surface area (Å²) in [5, 5.41) is 3.63. The lowest BCUT2D eigenvalue weighted by Crippen LogP contribution is -3.08. The number of aryl methyl sites for hydroxylation is 1. The highest BCUT2D eigenvalue weighted by molar-refractivity contribution is 6.33. The molecule has 3 nitrogen and oxygen atoms in total. The first-order valence-electron chi connectivity index (χ1n) is 7.17. The predicted octanol–water partition coefficient (Wildman–Crippen LogP) is 3.09. The van der Waals surface area contributed by atoms with Gasteiger partial charge < -0.3 is 10.2 Å². The Hall–Kier alpha value is -1.62. The van der Waals surface area contributed by atoms with Gasteiger partial charge in [-0.25, -0.2) is 4.39 Å². The van der Waals surface area contributed by atoms with E-state index in [-0.39, 0.29) is 18.3 Å². The average molecular weight is 356 g/mol. The van der Waals surface area contributed by atoms with Crippen molar-refractivity contribution >= 4 is 34.8 Å². The second-order valence-corrected chi connectivity index (χ2v) is 6.36. The third-order valence-corrected chi connectivity index (χ3v) is 4.07. The van der Waals surface area contributed by atoms with Gasteiger partial charge in [0.15, 0.2) is 6.54 Å². The van der Waals surface area contributed by atoms with E-state index >= 15 is 0 Å². The van der Waals surface area contributed by atoms with E-state index in [1.807, 2.05) is 13.0 Å². The minimum atomic E-state index is -0.362. The maximum atomic E-state index is 13.8. The summed E-state index contributed by atoms with van der Waals surface area (Å²) in [6.45, 7) is 2.42. The fraction of sp³-hybridized carbons (Fsp3) is 0.235. The number of benzene rings is 2. The smallest absolute Gasteiger partial charge is 0.279 e. The quantitative estimate of drug-likeness (QED) is 0.848. The molecule has 1 amide bonds. The second-order valence-electron chi connectivity index (χ2n) is 5.54. The highest BCUT2D eigenvalue weighted by atomic mass is 35.5. The van der Waals surface area contributed by atoms with E-state index in [1.54, 1.807) is 31.3 Å². The zero-order valence-corrected chi connectivity index (χ0v) is 14.4. The molecule has 122 valence electrons. The van der Waals surface area contributed by atoms with Crippen LogP contribution >= 0.6 is 23.2 Å². The van der Waals surface area contributed by atoms with Crippen molar-refractivity contribution in [3.8, 4) is 0 Å². The first-order valence-corrected chi connectivity index (χ1v) is 7.92. The van der Waals surface area contributed by atoms with Gasteiger partial charge in [0.2, 0.25) is 0 Å². The lowest BCUT2D eigenvalue weighted by atomic mass is 10.2. The van der Waals surface area contributed by atoms with Crippen molar-refractivity contribution in [2.24, 2.45) is 0 Å². The molecule has 2 rings (SSSR count). The van der Waals surface area contributed by atoms with Crippen LogP contribution in [0.5, 0.6) is 0 Å². The maximum Gasteiger partial charge on any atom is 0.279 e. The topological polar surface area (TPSA) is 33.5 Å². The monoisotopic (exact) mass is 355 g/mol. The molecule has 0 aliphatic carbocycles. The lowest BCUT2D eigenvalue weighted by molar-refractivity contribution is -0.885. The molecule has 0 radical (unpaired) electrons. The Morgan fingerprint density at radius 2 is 1.96 bits per heavy atom. The number of carbonyl (C=O) groups is 1. The Kier molecular flexibility index (Phi) is 5.99. The number of carbonyl (C=O) groups excluding carboxylic acids is 1. The summed E-state index contributed by atoms with van der Waals surface area (Å²) in [4.78, 5) is 12.9. The maximum absolute atomic E-state index is 13.8. The number of likely N-dealkylation sites (N-methyl/N-ethyl adjacent to an activating group) is 1. The van der Waals surface area contributed by atoms with Gasteiger partial charge in [-0.3, -0.25) is 4.79 Å². The highest BCUT2D eigenvalue weighted by Gasteiger charge is 2.16. The van der Waals surface area contributed by atoms with Gasteiger partial charge in [-0.2, -0.15) is 0 Å². The van der Waals surface area contributed by atoms with Crippen LogP contribution in [-0.2, 0) is 11.3 Å². The van der Waals surface area contributed by atoms with E-state index in [2.05, 4.69) is 5.32 Å². The van der Waals surface area contributed by atoms with Crippen LogP contribution in [0.3, 0.4) is 0 Å². The van der Waals surface area contributed by atoms with Crippen molar-refractivity contribution in [2.75, 3.05) is 18.9 Å². The molecule has 0 saturated carbocycles. The van der Waals surface area contributed by atoms with E-state index in [1.165, 1.54) is 6.07 Å². The molecule has 2 N–H and O–H groups in total. The zero-order valence-electron chi connectivity index (χ0n) is 12.9. The number of quaternary nitrogens is 1. The standard InChI is InChI=1S/C17H17Cl2FN2O/c1-11-6-7-16(14(19)8-11)21-17(23)10-22(2)9-12-13(18)4-3-5-15(12)20/h3-8H,9-10H2,1-2H3,(H,21,23)/p+1. The van der Waals surface area contributed by atoms with Crippen molar-refractivity contribution in [1.29, 1.82) is 0 Å². The minimum absolute atomic E-state index is 0.175. The molecule has 0 aromatic heterocycles. The number of nitrogens with one attached hydrogen (secondary N) is 2. The van der Waals surface area contributed by atoms with Crippen LogP contribution in [0.1, 0.15) is 11.1 Å². The molecular weight excluding hydrogens is 338 g/mol. The van der Waals surface area contributed by atoms with Crippen LogP contribution in [-0.4, -0.2) is 19.5 Å². The van der Waals surface area contributed by atoms with Crippen LogP contribution in [0.25, 0.3) is 0 Å². The molecule has 6 heteroatoms. The van der Waals surface area contributed by atoms with Crippen molar-refractivity contribution in [2.45, 2.75) is 13.5 Å². The fourth-order valence-electron chi connectivity index (χ4n) is 2.26. The van der Waals surface area contributed by atoms with Crippen molar-refractivity contribution in [3.63, 3.8) is 0 Å². The van der Waals surface area contributed by atoms with E-state index in [9.17, 15) is 9.18 Å². The van der Waals surface area contributed by atoms with Gasteiger partial charge in [-0.15, -0.1) is 0 Å². The molecule has 1 atom stereocenters. The Bertz CT molecular complexity index is 701. The Morgan fingerprint density at radius 3 is 2.61 bits per heavy atom. The Labute approximate surface area is 145 Å². The zero-order chi connectivity index (χ0) is 17.0. The number of halogens is 3. The third kappa shape index (κ3) is 4.93. The minimum Gasteiger partial charge on any atom is -0.326 e. The van der Waals surface area contributed by atoms with Gasteiger partial charge in [0.05, 0.1) is 28.3 Å². The Morgan fingerprint density at radius 1 is 1.22 bits per heavy atom. The summed E-state index contributed by atoms with van der Waals surface area (Å²) in [7, 11) is 1.80. The van der Waals surface area contributed by atoms with Crippen LogP contribution in [0.4, 0.5) is 10.1 Å². The summed E-state index contributed by atoms with van der Waals surface area (Å²) in [5.41, 5.74) is 2.00. The summed E-state index contributed by atoms with van der Waals surface area (Å²) >= 11 is 12.1. The molecule has 0 spiro atoms. The van der Waals surface area contributed by atoms with Gasteiger partial charge in [-0.1, -0.05) is 35.3 Å². The molecule has 2 aromatic carbocycles. The normalized spacial score (nSPS) is 12.0. The summed E-state index contributed by atoms with van der Waals surface area (Å²) in [6, 6.07) is 9.98. The number of amides is 1. The van der Waals surface area contributed by atoms with Crippen molar-refractivity contribution in [1.82, 2.24) is 0 Å². The van der Waals surface area contributed by atoms with Crippen LogP contribution in [0.15, 0.2) is 36.4 Å². The largest absolute Gasteiger partial charge is 0.326 e. The van der Waals surface area contributed by atoms with Gasteiger partial charge in [0, 0.05) is 0 Å². The SMILES string of the molecule is Cc1ccc(NC(=O)C[NH+](C)Cc2c(F)cccc2Cl)c(Cl)c1. The summed E-state index contributed by atoms with van der Waals surface area (Å²) < 4.78 is 13.8. The molecule has 23 heavy (non-hydrogen) atoms. The van der Waals surface area contributed by atoms with Crippen LogP contribution in [0, 0.1) is 12.7 Å². The van der Waals surface area contributed by atoms with E-state index in [0.29, 0.717) is 27.8 Å². The highest BCUT2D eigenvalue weighted by Crippen LogP contribution is 2.22. The molecule has 0 aliphatic rings. The molecule has 1 unspecified atom stereocenters. The number of rotatable bonds is 5. The molecule has 0 bridgehead atoms. The van der Waals surface area contributed by atoms with Gasteiger partial charge in [0.25, 0.3) is 5.91 Å². The fourth-order valence-corrected chi connectivity index (χ4v) is 2.77. The molecule has 2 aromatic rings. The Balaban J connectivity index is 1.97. The molecule has 0 aliphatic heterocycles. The molecule has 0 fully saturated rings. The van der Waals surface area contributed by atoms with Crippen molar-refractivity contribution in [3.05, 3.63) is 63.4 Å². The first-order chi connectivity index (χ1) is 10.9. The number of hydrogen-bond acceptors (Lipinski definition) is 1. The molecule has 0 saturated heterocycles. The van der Waals surface area contributed by atoms with Crippen LogP contribution < -0.4 is 10.2 Å². The molecule has 0 heterocycles.